The molecule has 0 saturated carbocycles. The van der Waals surface area contributed by atoms with Gasteiger partial charge in [-0.05, 0) is 48.7 Å². The molecule has 0 aliphatic heterocycles. The lowest BCUT2D eigenvalue weighted by atomic mass is 9.98. The molecule has 1 aromatic heterocycles. The molecule has 0 saturated heterocycles. The van der Waals surface area contributed by atoms with Crippen molar-refractivity contribution in [3.8, 4) is 5.75 Å². The Labute approximate surface area is 186 Å². The van der Waals surface area contributed by atoms with Crippen LogP contribution in [-0.2, 0) is 16.6 Å². The van der Waals surface area contributed by atoms with E-state index in [4.69, 9.17) is 9.15 Å². The van der Waals surface area contributed by atoms with Crippen molar-refractivity contribution in [1.82, 2.24) is 9.62 Å². The van der Waals surface area contributed by atoms with Gasteiger partial charge in [-0.15, -0.1) is 0 Å². The zero-order chi connectivity index (χ0) is 23.6. The molecule has 1 heterocycles. The maximum atomic E-state index is 12.7. The number of fused-ring (bicyclic) bond motifs is 1. The summed E-state index contributed by atoms with van der Waals surface area (Å²) < 4.78 is 38.9. The molecule has 0 radical (unpaired) electrons. The summed E-state index contributed by atoms with van der Waals surface area (Å²) in [5, 5.41) is 0.730. The highest BCUT2D eigenvalue weighted by Gasteiger charge is 2.17. The Morgan fingerprint density at radius 1 is 1.16 bits per heavy atom. The zero-order valence-electron chi connectivity index (χ0n) is 18.5. The number of hydrogen-bond donors (Lipinski definition) is 2. The summed E-state index contributed by atoms with van der Waals surface area (Å²) in [6.07, 6.45) is -0.271. The Hall–Kier alpha value is -3.37. The van der Waals surface area contributed by atoms with E-state index in [9.17, 15) is 18.0 Å². The van der Waals surface area contributed by atoms with E-state index in [0.29, 0.717) is 22.6 Å². The van der Waals surface area contributed by atoms with Gasteiger partial charge in [0.1, 0.15) is 11.3 Å². The molecule has 2 aromatic carbocycles. The maximum Gasteiger partial charge on any atom is 0.414 e. The minimum absolute atomic E-state index is 0.260. The second-order valence-electron chi connectivity index (χ2n) is 7.56. The number of anilines is 1. The number of rotatable bonds is 6. The Balaban J connectivity index is 1.98. The zero-order valence-corrected chi connectivity index (χ0v) is 19.3. The van der Waals surface area contributed by atoms with Crippen LogP contribution in [0.15, 0.2) is 45.6 Å². The van der Waals surface area contributed by atoms with Gasteiger partial charge in [-0.2, -0.15) is 8.42 Å². The smallest absolute Gasteiger partial charge is 0.414 e. The maximum absolute atomic E-state index is 12.7. The van der Waals surface area contributed by atoms with Gasteiger partial charge in [-0.1, -0.05) is 12.1 Å². The number of nitrogens with zero attached hydrogens (tertiary/aromatic N) is 1. The first-order valence-corrected chi connectivity index (χ1v) is 11.3. The summed E-state index contributed by atoms with van der Waals surface area (Å²) >= 11 is 0. The van der Waals surface area contributed by atoms with Gasteiger partial charge in [0.25, 0.3) is 10.2 Å². The highest BCUT2D eigenvalue weighted by Crippen LogP contribution is 2.29. The molecule has 0 aliphatic rings. The van der Waals surface area contributed by atoms with Crippen molar-refractivity contribution in [2.45, 2.75) is 20.3 Å². The van der Waals surface area contributed by atoms with Crippen LogP contribution in [0.3, 0.4) is 0 Å². The van der Waals surface area contributed by atoms with Gasteiger partial charge >= 0.3 is 11.7 Å². The molecule has 0 fully saturated rings. The predicted octanol–water partition coefficient (Wildman–Crippen LogP) is 2.94. The normalized spacial score (nSPS) is 11.4. The van der Waals surface area contributed by atoms with Crippen molar-refractivity contribution in [2.24, 2.45) is 0 Å². The molecule has 3 aromatic rings. The number of ether oxygens (including phenoxy) is 1. The fourth-order valence-corrected chi connectivity index (χ4v) is 3.72. The highest BCUT2D eigenvalue weighted by molar-refractivity contribution is 7.90. The SMILES string of the molecule is CNS(=O)(=O)Nc1cccc(Cc2c(C)c3cc(C)c(OC(=O)N(C)C)cc3oc2=O)c1. The van der Waals surface area contributed by atoms with E-state index in [2.05, 4.69) is 9.44 Å². The number of benzene rings is 2. The molecule has 2 N–H and O–H groups in total. The molecule has 10 heteroatoms. The van der Waals surface area contributed by atoms with E-state index in [1.807, 2.05) is 13.0 Å². The van der Waals surface area contributed by atoms with Gasteiger partial charge in [0.05, 0.1) is 5.69 Å². The topological polar surface area (TPSA) is 118 Å². The van der Waals surface area contributed by atoms with E-state index >= 15 is 0 Å². The minimum atomic E-state index is -3.65. The van der Waals surface area contributed by atoms with Crippen molar-refractivity contribution < 1.29 is 22.4 Å². The molecule has 0 unspecified atom stereocenters. The van der Waals surface area contributed by atoms with Gasteiger partial charge in [0, 0.05) is 44.6 Å². The summed E-state index contributed by atoms with van der Waals surface area (Å²) in [5.74, 6) is 0.316. The van der Waals surface area contributed by atoms with Crippen molar-refractivity contribution in [3.05, 3.63) is 69.1 Å². The largest absolute Gasteiger partial charge is 0.422 e. The summed E-state index contributed by atoms with van der Waals surface area (Å²) in [6, 6.07) is 10.1. The van der Waals surface area contributed by atoms with Gasteiger partial charge in [0.2, 0.25) is 0 Å². The lowest BCUT2D eigenvalue weighted by Crippen LogP contribution is -2.26. The third-order valence-corrected chi connectivity index (χ3v) is 6.02. The van der Waals surface area contributed by atoms with Crippen LogP contribution in [0.5, 0.6) is 5.75 Å². The summed E-state index contributed by atoms with van der Waals surface area (Å²) in [5.41, 5.74) is 2.85. The van der Waals surface area contributed by atoms with Crippen LogP contribution in [-0.4, -0.2) is 40.6 Å². The van der Waals surface area contributed by atoms with E-state index < -0.39 is 21.9 Å². The van der Waals surface area contributed by atoms with Crippen LogP contribution in [0, 0.1) is 13.8 Å². The van der Waals surface area contributed by atoms with E-state index in [1.165, 1.54) is 18.0 Å². The lowest BCUT2D eigenvalue weighted by Gasteiger charge is -2.14. The molecule has 32 heavy (non-hydrogen) atoms. The average molecular weight is 460 g/mol. The number of hydrogen-bond acceptors (Lipinski definition) is 6. The molecule has 0 spiro atoms. The Morgan fingerprint density at radius 2 is 1.88 bits per heavy atom. The van der Waals surface area contributed by atoms with Crippen LogP contribution in [0.1, 0.15) is 22.3 Å². The van der Waals surface area contributed by atoms with E-state index in [1.54, 1.807) is 45.3 Å². The first-order chi connectivity index (χ1) is 15.0. The number of carbonyl (C=O) groups is 1. The molecule has 3 rings (SSSR count). The summed E-state index contributed by atoms with van der Waals surface area (Å²) in [6.45, 7) is 3.63. The third kappa shape index (κ3) is 5.09. The fourth-order valence-electron chi connectivity index (χ4n) is 3.18. The van der Waals surface area contributed by atoms with Crippen LogP contribution in [0.4, 0.5) is 10.5 Å². The Morgan fingerprint density at radius 3 is 2.53 bits per heavy atom. The van der Waals surface area contributed by atoms with Gasteiger partial charge in [0.15, 0.2) is 0 Å². The van der Waals surface area contributed by atoms with Gasteiger partial charge in [-0.25, -0.2) is 14.3 Å². The summed E-state index contributed by atoms with van der Waals surface area (Å²) in [4.78, 5) is 25.9. The number of aryl methyl sites for hydroxylation is 2. The first kappa shape index (κ1) is 23.3. The fraction of sp³-hybridized carbons (Fsp3) is 0.273. The van der Waals surface area contributed by atoms with Crippen LogP contribution in [0.2, 0.25) is 0 Å². The highest BCUT2D eigenvalue weighted by atomic mass is 32.2. The van der Waals surface area contributed by atoms with E-state index in [0.717, 1.165) is 22.1 Å². The van der Waals surface area contributed by atoms with Crippen molar-refractivity contribution >= 4 is 33.0 Å². The lowest BCUT2D eigenvalue weighted by molar-refractivity contribution is 0.171. The third-order valence-electron chi connectivity index (χ3n) is 4.97. The van der Waals surface area contributed by atoms with Gasteiger partial charge < -0.3 is 14.1 Å². The molecule has 9 nitrogen and oxygen atoms in total. The second-order valence-corrected chi connectivity index (χ2v) is 9.18. The van der Waals surface area contributed by atoms with Crippen molar-refractivity contribution in [3.63, 3.8) is 0 Å². The first-order valence-electron chi connectivity index (χ1n) is 9.77. The molecular weight excluding hydrogens is 434 g/mol. The molecule has 1 amide bonds. The van der Waals surface area contributed by atoms with E-state index in [-0.39, 0.29) is 6.42 Å². The average Bonchev–Trinajstić information content (AvgIpc) is 2.72. The second kappa shape index (κ2) is 9.01. The molecule has 170 valence electrons. The monoisotopic (exact) mass is 459 g/mol. The molecular formula is C22H25N3O6S. The molecule has 0 aliphatic carbocycles. The number of nitrogens with one attached hydrogen (secondary N) is 2. The van der Waals surface area contributed by atoms with Crippen LogP contribution in [0.25, 0.3) is 11.0 Å². The van der Waals surface area contributed by atoms with Gasteiger partial charge in [-0.3, -0.25) is 4.72 Å². The van der Waals surface area contributed by atoms with Crippen molar-refractivity contribution in [1.29, 1.82) is 0 Å². The summed E-state index contributed by atoms with van der Waals surface area (Å²) in [7, 11) is 0.815. The quantitative estimate of drug-likeness (QED) is 0.547. The molecule has 0 atom stereocenters. The minimum Gasteiger partial charge on any atom is -0.422 e. The number of carbonyl (C=O) groups excluding carboxylic acids is 1. The number of amides is 1. The van der Waals surface area contributed by atoms with Crippen LogP contribution < -0.4 is 19.8 Å². The predicted molar refractivity (Wildman–Crippen MR) is 123 cm³/mol. The standard InChI is InChI=1S/C22H25N3O6S/c1-13-9-17-14(2)18(11-15-7-6-8-16(10-15)24-32(28,29)23-3)21(26)30-20(17)12-19(13)31-22(27)25(4)5/h6-10,12,23-24H,11H2,1-5H3. The van der Waals surface area contributed by atoms with Crippen molar-refractivity contribution in [2.75, 3.05) is 25.9 Å². The Kier molecular flexibility index (Phi) is 6.56. The molecule has 0 bridgehead atoms. The Bertz CT molecular complexity index is 1350. The van der Waals surface area contributed by atoms with Crippen LogP contribution >= 0.6 is 0 Å².